The SMILES string of the molecule is CCCCCCC/C=C\C/C=C\C/C=C\CCCCCCCCCCCCCCCCCCCCCCCCCCC(=O)OC(COC(=O)CCCCCCCCCCCCCCCCCC/C=C\C/C=C\C/C=C\CCCCCCC)COC(OCC[N+](C)(C)C)C(=O)[O-]. The van der Waals surface area contributed by atoms with Gasteiger partial charge in [0.05, 0.1) is 40.3 Å². The molecule has 0 spiro atoms. The van der Waals surface area contributed by atoms with Gasteiger partial charge in [-0.25, -0.2) is 0 Å². The largest absolute Gasteiger partial charge is 0.545 e. The first kappa shape index (κ1) is 91.7. The van der Waals surface area contributed by atoms with Crippen LogP contribution in [0.25, 0.3) is 0 Å². The number of likely N-dealkylation sites (N-methyl/N-ethyl adjacent to an activating group) is 1. The molecule has 0 aliphatic carbocycles. The highest BCUT2D eigenvalue weighted by atomic mass is 16.7. The summed E-state index contributed by atoms with van der Waals surface area (Å²) in [6, 6.07) is 0. The van der Waals surface area contributed by atoms with E-state index in [0.717, 1.165) is 57.8 Å². The molecule has 9 heteroatoms. The number of carbonyl (C=O) groups excluding carboxylic acids is 3. The van der Waals surface area contributed by atoms with Gasteiger partial charge < -0.3 is 33.3 Å². The van der Waals surface area contributed by atoms with E-state index in [2.05, 4.69) is 86.8 Å². The second-order valence-electron chi connectivity index (χ2n) is 29.1. The lowest BCUT2D eigenvalue weighted by Gasteiger charge is -2.26. The van der Waals surface area contributed by atoms with E-state index in [-0.39, 0.29) is 32.2 Å². The summed E-state index contributed by atoms with van der Waals surface area (Å²) in [7, 11) is 5.95. The molecule has 0 radical (unpaired) electrons. The summed E-state index contributed by atoms with van der Waals surface area (Å²) in [5.41, 5.74) is 0. The molecule has 0 N–H and O–H groups in total. The second kappa shape index (κ2) is 76.5. The number of unbranched alkanes of at least 4 members (excludes halogenated alkanes) is 50. The predicted octanol–water partition coefficient (Wildman–Crippen LogP) is 25.0. The fourth-order valence-corrected chi connectivity index (χ4v) is 12.1. The third-order valence-electron chi connectivity index (χ3n) is 18.4. The molecule has 0 rings (SSSR count). The number of esters is 2. The Morgan fingerprint density at radius 3 is 0.842 bits per heavy atom. The van der Waals surface area contributed by atoms with Crippen molar-refractivity contribution < 1.29 is 42.9 Å². The summed E-state index contributed by atoms with van der Waals surface area (Å²) in [6.07, 6.45) is 100. The van der Waals surface area contributed by atoms with Gasteiger partial charge in [0, 0.05) is 12.8 Å². The molecule has 0 aromatic carbocycles. The van der Waals surface area contributed by atoms with Gasteiger partial charge in [-0.2, -0.15) is 0 Å². The zero-order valence-electron chi connectivity index (χ0n) is 63.6. The normalized spacial score (nSPS) is 13.0. The lowest BCUT2D eigenvalue weighted by molar-refractivity contribution is -0.870. The molecule has 0 saturated carbocycles. The third kappa shape index (κ3) is 77.9. The van der Waals surface area contributed by atoms with E-state index in [1.165, 1.54) is 308 Å². The number of nitrogens with zero attached hydrogens (tertiary/aromatic N) is 1. The lowest BCUT2D eigenvalue weighted by Crippen LogP contribution is -2.44. The van der Waals surface area contributed by atoms with Crippen molar-refractivity contribution >= 4 is 17.9 Å². The molecule has 0 heterocycles. The highest BCUT2D eigenvalue weighted by Gasteiger charge is 2.22. The van der Waals surface area contributed by atoms with Gasteiger partial charge in [-0.3, -0.25) is 9.59 Å². The minimum Gasteiger partial charge on any atom is -0.545 e. The lowest BCUT2D eigenvalue weighted by atomic mass is 10.0. The Hall–Kier alpha value is -3.27. The maximum absolute atomic E-state index is 13.0. The molecule has 0 amide bonds. The number of rotatable bonds is 77. The van der Waals surface area contributed by atoms with E-state index in [0.29, 0.717) is 23.9 Å². The molecule has 0 aliphatic heterocycles. The minimum atomic E-state index is -1.62. The number of hydrogen-bond acceptors (Lipinski definition) is 8. The zero-order valence-corrected chi connectivity index (χ0v) is 63.6. The van der Waals surface area contributed by atoms with Gasteiger partial charge in [0.25, 0.3) is 0 Å². The smallest absolute Gasteiger partial charge is 0.306 e. The molecule has 95 heavy (non-hydrogen) atoms. The van der Waals surface area contributed by atoms with Gasteiger partial charge in [0.2, 0.25) is 0 Å². The predicted molar refractivity (Wildman–Crippen MR) is 408 cm³/mol. The molecular formula is C86H157NO8. The van der Waals surface area contributed by atoms with Crippen LogP contribution in [0, 0.1) is 0 Å². The molecular weight excluding hydrogens is 1170 g/mol. The first-order chi connectivity index (χ1) is 46.6. The van der Waals surface area contributed by atoms with Crippen molar-refractivity contribution in [2.45, 2.75) is 411 Å². The maximum atomic E-state index is 13.0. The zero-order chi connectivity index (χ0) is 69.0. The molecule has 9 nitrogen and oxygen atoms in total. The molecule has 0 saturated heterocycles. The van der Waals surface area contributed by atoms with Crippen LogP contribution in [0.3, 0.4) is 0 Å². The average molecular weight is 1330 g/mol. The summed E-state index contributed by atoms with van der Waals surface area (Å²) >= 11 is 0. The molecule has 0 aromatic heterocycles. The molecule has 0 aliphatic rings. The highest BCUT2D eigenvalue weighted by Crippen LogP contribution is 2.19. The van der Waals surface area contributed by atoms with E-state index < -0.39 is 24.3 Å². The molecule has 2 unspecified atom stereocenters. The summed E-state index contributed by atoms with van der Waals surface area (Å²) in [4.78, 5) is 37.6. The number of carboxylic acid groups (broad SMARTS) is 1. The van der Waals surface area contributed by atoms with Crippen LogP contribution in [0.5, 0.6) is 0 Å². The molecule has 0 aromatic rings. The summed E-state index contributed by atoms with van der Waals surface area (Å²) in [5.74, 6) is -2.26. The third-order valence-corrected chi connectivity index (χ3v) is 18.4. The molecule has 0 fully saturated rings. The minimum absolute atomic E-state index is 0.149. The first-order valence-corrected chi connectivity index (χ1v) is 41.1. The van der Waals surface area contributed by atoms with Crippen molar-refractivity contribution in [1.82, 2.24) is 0 Å². The number of quaternary nitrogens is 1. The number of allylic oxidation sites excluding steroid dienone is 12. The van der Waals surface area contributed by atoms with E-state index in [9.17, 15) is 19.5 Å². The van der Waals surface area contributed by atoms with Crippen LogP contribution < -0.4 is 5.11 Å². The van der Waals surface area contributed by atoms with Gasteiger partial charge in [0.15, 0.2) is 12.4 Å². The van der Waals surface area contributed by atoms with Crippen molar-refractivity contribution in [3.8, 4) is 0 Å². The molecule has 554 valence electrons. The van der Waals surface area contributed by atoms with Gasteiger partial charge >= 0.3 is 11.9 Å². The summed E-state index contributed by atoms with van der Waals surface area (Å²) < 4.78 is 22.9. The number of hydrogen-bond donors (Lipinski definition) is 0. The van der Waals surface area contributed by atoms with E-state index in [1.807, 2.05) is 21.1 Å². The number of aliphatic carboxylic acids is 1. The second-order valence-corrected chi connectivity index (χ2v) is 29.1. The van der Waals surface area contributed by atoms with E-state index >= 15 is 0 Å². The van der Waals surface area contributed by atoms with Crippen molar-refractivity contribution in [3.05, 3.63) is 72.9 Å². The fraction of sp³-hybridized carbons (Fsp3) is 0.826. The average Bonchev–Trinajstić information content (AvgIpc) is 2.92. The van der Waals surface area contributed by atoms with Crippen LogP contribution in [0.15, 0.2) is 72.9 Å². The Bertz CT molecular complexity index is 1790. The Labute approximate surface area is 589 Å². The topological polar surface area (TPSA) is 111 Å². The standard InChI is InChI=1S/C86H157NO8/c1-6-8-10-12-14-16-18-20-22-24-26-28-30-32-34-36-38-39-40-41-42-43-44-45-47-49-51-53-55-57-59-61-63-65-67-69-71-73-75-77-84(89)95-82(81-94-86(85(90)91)92-79-78-87(3,4)5)80-93-83(88)76-74-72-70-68-66-64-62-60-58-56-54-52-50-48-46-37-35-33-31-29-27-25-23-21-19-17-15-13-11-9-7-2/h18-21,24-27,30-33,82,86H,6-17,22-23,28-29,34-81H2,1-5H3/b20-18-,21-19-,26-24-,27-25-,32-30-,33-31-. The van der Waals surface area contributed by atoms with Gasteiger partial charge in [-0.1, -0.05) is 369 Å². The number of ether oxygens (including phenoxy) is 4. The van der Waals surface area contributed by atoms with Crippen LogP contribution in [-0.4, -0.2) is 82.3 Å². The number of carboxylic acids is 1. The van der Waals surface area contributed by atoms with Crippen molar-refractivity contribution in [3.63, 3.8) is 0 Å². The molecule has 0 bridgehead atoms. The fourth-order valence-electron chi connectivity index (χ4n) is 12.1. The van der Waals surface area contributed by atoms with Crippen LogP contribution in [0.4, 0.5) is 0 Å². The van der Waals surface area contributed by atoms with Gasteiger partial charge in [-0.05, 0) is 89.9 Å². The van der Waals surface area contributed by atoms with Crippen molar-refractivity contribution in [2.75, 3.05) is 47.5 Å². The van der Waals surface area contributed by atoms with Crippen LogP contribution in [-0.2, 0) is 33.3 Å². The Balaban J connectivity index is 3.97. The van der Waals surface area contributed by atoms with Gasteiger partial charge in [0.1, 0.15) is 13.2 Å². The first-order valence-electron chi connectivity index (χ1n) is 41.1. The Morgan fingerprint density at radius 2 is 0.568 bits per heavy atom. The van der Waals surface area contributed by atoms with E-state index in [1.54, 1.807) is 0 Å². The maximum Gasteiger partial charge on any atom is 0.306 e. The van der Waals surface area contributed by atoms with Crippen molar-refractivity contribution in [1.29, 1.82) is 0 Å². The quantitative estimate of drug-likeness (QED) is 0.0195. The summed E-state index contributed by atoms with van der Waals surface area (Å²) in [6.45, 7) is 4.78. The van der Waals surface area contributed by atoms with Crippen LogP contribution in [0.1, 0.15) is 399 Å². The number of carbonyl (C=O) groups is 3. The Kier molecular flexibility index (Phi) is 73.9. The summed E-state index contributed by atoms with van der Waals surface area (Å²) in [5, 5.41) is 11.9. The van der Waals surface area contributed by atoms with E-state index in [4.69, 9.17) is 18.9 Å². The van der Waals surface area contributed by atoms with Gasteiger partial charge in [-0.15, -0.1) is 0 Å². The van der Waals surface area contributed by atoms with Crippen molar-refractivity contribution in [2.24, 2.45) is 0 Å². The monoisotopic (exact) mass is 1330 g/mol. The van der Waals surface area contributed by atoms with Crippen LogP contribution in [0.2, 0.25) is 0 Å². The Morgan fingerprint density at radius 1 is 0.316 bits per heavy atom. The highest BCUT2D eigenvalue weighted by molar-refractivity contribution is 5.70. The van der Waals surface area contributed by atoms with Crippen LogP contribution >= 0.6 is 0 Å². The molecule has 2 atom stereocenters.